The first-order valence-electron chi connectivity index (χ1n) is 8.39. The highest BCUT2D eigenvalue weighted by molar-refractivity contribution is 14.0. The zero-order valence-corrected chi connectivity index (χ0v) is 17.8. The molecule has 1 fully saturated rings. The summed E-state index contributed by atoms with van der Waals surface area (Å²) < 4.78 is 43.3. The lowest BCUT2D eigenvalue weighted by Gasteiger charge is -2.39. The predicted molar refractivity (Wildman–Crippen MR) is 105 cm³/mol. The first kappa shape index (κ1) is 25.2. The lowest BCUT2D eigenvalue weighted by Crippen LogP contribution is -2.56. The molecule has 11 heteroatoms. The van der Waals surface area contributed by atoms with E-state index in [1.807, 2.05) is 11.8 Å². The minimum atomic E-state index is -4.22. The lowest BCUT2D eigenvalue weighted by atomic mass is 10.2. The van der Waals surface area contributed by atoms with Gasteiger partial charge in [-0.25, -0.2) is 4.99 Å². The van der Waals surface area contributed by atoms with Gasteiger partial charge in [-0.15, -0.1) is 24.0 Å². The van der Waals surface area contributed by atoms with Crippen LogP contribution in [0.5, 0.6) is 0 Å². The molecule has 1 rings (SSSR count). The molecule has 1 atom stereocenters. The molecule has 1 aliphatic heterocycles. The average Bonchev–Trinajstić information content (AvgIpc) is 2.57. The van der Waals surface area contributed by atoms with Gasteiger partial charge in [0.2, 0.25) is 5.91 Å². The van der Waals surface area contributed by atoms with Gasteiger partial charge in [0.25, 0.3) is 0 Å². The van der Waals surface area contributed by atoms with Crippen LogP contribution in [-0.4, -0.2) is 93.4 Å². The molecule has 1 amide bonds. The van der Waals surface area contributed by atoms with E-state index in [9.17, 15) is 18.0 Å². The van der Waals surface area contributed by atoms with Crippen molar-refractivity contribution in [3.63, 3.8) is 0 Å². The van der Waals surface area contributed by atoms with Crippen LogP contribution in [0.1, 0.15) is 13.8 Å². The number of guanidine groups is 1. The van der Waals surface area contributed by atoms with Crippen LogP contribution in [0.15, 0.2) is 4.99 Å². The third-order valence-electron chi connectivity index (χ3n) is 3.97. The molecule has 0 spiro atoms. The molecule has 1 heterocycles. The summed E-state index contributed by atoms with van der Waals surface area (Å²) in [7, 11) is 1.55. The number of aliphatic imine (C=N–C) groups is 1. The number of methoxy groups -OCH3 is 1. The largest absolute Gasteiger partial charge is 0.403 e. The number of ether oxygens (including phenoxy) is 1. The first-order valence-corrected chi connectivity index (χ1v) is 8.39. The van der Waals surface area contributed by atoms with Gasteiger partial charge in [0.1, 0.15) is 12.6 Å². The van der Waals surface area contributed by atoms with Crippen LogP contribution in [0.4, 0.5) is 13.2 Å². The Labute approximate surface area is 169 Å². The van der Waals surface area contributed by atoms with Gasteiger partial charge in [-0.05, 0) is 13.8 Å². The number of rotatable bonds is 7. The van der Waals surface area contributed by atoms with Gasteiger partial charge in [-0.1, -0.05) is 0 Å². The molecule has 154 valence electrons. The second-order valence-corrected chi connectivity index (χ2v) is 5.75. The number of carbonyl (C=O) groups is 1. The van der Waals surface area contributed by atoms with Gasteiger partial charge in [-0.3, -0.25) is 9.69 Å². The molecule has 0 aliphatic carbocycles. The maximum atomic E-state index is 12.8. The highest BCUT2D eigenvalue weighted by atomic mass is 127. The molecule has 0 aromatic rings. The number of hydrogen-bond donors (Lipinski definition) is 2. The van der Waals surface area contributed by atoms with Crippen LogP contribution in [0, 0.1) is 0 Å². The van der Waals surface area contributed by atoms with Gasteiger partial charge >= 0.3 is 6.18 Å². The Hall–Kier alpha value is -0.820. The number of piperazine rings is 1. The summed E-state index contributed by atoms with van der Waals surface area (Å²) in [5.74, 6) is 0.320. The third-order valence-corrected chi connectivity index (χ3v) is 3.97. The molecular weight excluding hydrogens is 466 g/mol. The summed E-state index contributed by atoms with van der Waals surface area (Å²) in [6.07, 6.45) is -4.22. The van der Waals surface area contributed by atoms with Crippen molar-refractivity contribution in [3.05, 3.63) is 0 Å². The summed E-state index contributed by atoms with van der Waals surface area (Å²) in [6, 6.07) is -1.46. The van der Waals surface area contributed by atoms with Crippen LogP contribution < -0.4 is 10.6 Å². The molecule has 1 unspecified atom stereocenters. The van der Waals surface area contributed by atoms with Crippen molar-refractivity contribution in [2.45, 2.75) is 26.1 Å². The number of hydrogen-bond acceptors (Lipinski definition) is 4. The highest BCUT2D eigenvalue weighted by Crippen LogP contribution is 2.25. The van der Waals surface area contributed by atoms with Gasteiger partial charge < -0.3 is 20.3 Å². The summed E-state index contributed by atoms with van der Waals surface area (Å²) in [4.78, 5) is 19.3. The predicted octanol–water partition coefficient (Wildman–Crippen LogP) is 0.901. The van der Waals surface area contributed by atoms with Crippen LogP contribution in [0.3, 0.4) is 0 Å². The van der Waals surface area contributed by atoms with E-state index in [4.69, 9.17) is 4.74 Å². The van der Waals surface area contributed by atoms with Crippen molar-refractivity contribution in [2.24, 2.45) is 4.99 Å². The SMILES string of the molecule is CCNC(=NCC(=O)NCCOC)N1CCN(C(C)C(F)(F)F)CC1.I. The Morgan fingerprint density at radius 1 is 1.23 bits per heavy atom. The van der Waals surface area contributed by atoms with E-state index in [0.29, 0.717) is 51.8 Å². The molecular formula is C15H29F3IN5O2. The fraction of sp³-hybridized carbons (Fsp3) is 0.867. The maximum Gasteiger partial charge on any atom is 0.403 e. The molecule has 1 aliphatic rings. The standard InChI is InChI=1S/C15H28F3N5O2.HI/c1-4-19-14(21-11-13(24)20-5-10-25-3)23-8-6-22(7-9-23)12(2)15(16,17)18;/h12H,4-11H2,1-3H3,(H,19,21)(H,20,24);1H. The third kappa shape index (κ3) is 8.71. The Morgan fingerprint density at radius 2 is 1.85 bits per heavy atom. The smallest absolute Gasteiger partial charge is 0.383 e. The zero-order chi connectivity index (χ0) is 18.9. The Morgan fingerprint density at radius 3 is 2.35 bits per heavy atom. The fourth-order valence-electron chi connectivity index (χ4n) is 2.45. The summed E-state index contributed by atoms with van der Waals surface area (Å²) in [6.45, 7) is 5.94. The van der Waals surface area contributed by atoms with E-state index in [2.05, 4.69) is 15.6 Å². The lowest BCUT2D eigenvalue weighted by molar-refractivity contribution is -0.181. The molecule has 7 nitrogen and oxygen atoms in total. The number of halogens is 4. The molecule has 0 saturated carbocycles. The average molecular weight is 495 g/mol. The molecule has 0 bridgehead atoms. The van der Waals surface area contributed by atoms with Crippen LogP contribution in [0.2, 0.25) is 0 Å². The quantitative estimate of drug-likeness (QED) is 0.238. The molecule has 0 aromatic heterocycles. The number of alkyl halides is 3. The zero-order valence-electron chi connectivity index (χ0n) is 15.4. The van der Waals surface area contributed by atoms with E-state index >= 15 is 0 Å². The monoisotopic (exact) mass is 495 g/mol. The van der Waals surface area contributed by atoms with E-state index in [-0.39, 0.29) is 36.4 Å². The van der Waals surface area contributed by atoms with E-state index in [0.717, 1.165) is 0 Å². The first-order chi connectivity index (χ1) is 11.8. The molecule has 0 aromatic carbocycles. The van der Waals surface area contributed by atoms with Crippen LogP contribution >= 0.6 is 24.0 Å². The molecule has 2 N–H and O–H groups in total. The molecule has 26 heavy (non-hydrogen) atoms. The highest BCUT2D eigenvalue weighted by Gasteiger charge is 2.41. The van der Waals surface area contributed by atoms with Crippen molar-refractivity contribution in [1.29, 1.82) is 0 Å². The Bertz CT molecular complexity index is 443. The van der Waals surface area contributed by atoms with Crippen molar-refractivity contribution < 1.29 is 22.7 Å². The van der Waals surface area contributed by atoms with Gasteiger partial charge in [-0.2, -0.15) is 13.2 Å². The van der Waals surface area contributed by atoms with Crippen LogP contribution in [-0.2, 0) is 9.53 Å². The second-order valence-electron chi connectivity index (χ2n) is 5.75. The minimum Gasteiger partial charge on any atom is -0.383 e. The summed E-state index contributed by atoms with van der Waals surface area (Å²) >= 11 is 0. The summed E-state index contributed by atoms with van der Waals surface area (Å²) in [5.41, 5.74) is 0. The Balaban J connectivity index is 0.00000625. The van der Waals surface area contributed by atoms with E-state index in [1.165, 1.54) is 11.8 Å². The van der Waals surface area contributed by atoms with Crippen LogP contribution in [0.25, 0.3) is 0 Å². The number of nitrogens with zero attached hydrogens (tertiary/aromatic N) is 3. The molecule has 1 saturated heterocycles. The maximum absolute atomic E-state index is 12.8. The van der Waals surface area contributed by atoms with Crippen molar-refractivity contribution >= 4 is 35.8 Å². The summed E-state index contributed by atoms with van der Waals surface area (Å²) in [5, 5.41) is 5.75. The fourth-order valence-corrected chi connectivity index (χ4v) is 2.45. The number of carbonyl (C=O) groups excluding carboxylic acids is 1. The van der Waals surface area contributed by atoms with Crippen molar-refractivity contribution in [3.8, 4) is 0 Å². The number of nitrogens with one attached hydrogen (secondary N) is 2. The molecule has 0 radical (unpaired) electrons. The van der Waals surface area contributed by atoms with E-state index in [1.54, 1.807) is 7.11 Å². The van der Waals surface area contributed by atoms with Crippen molar-refractivity contribution in [2.75, 3.05) is 59.5 Å². The van der Waals surface area contributed by atoms with Gasteiger partial charge in [0, 0.05) is 46.4 Å². The number of amides is 1. The second kappa shape index (κ2) is 12.5. The van der Waals surface area contributed by atoms with Crippen molar-refractivity contribution in [1.82, 2.24) is 20.4 Å². The minimum absolute atomic E-state index is 0. The normalized spacial score (nSPS) is 17.5. The Kier molecular flexibility index (Phi) is 12.2. The topological polar surface area (TPSA) is 69.2 Å². The van der Waals surface area contributed by atoms with Gasteiger partial charge in [0.15, 0.2) is 5.96 Å². The van der Waals surface area contributed by atoms with Gasteiger partial charge in [0.05, 0.1) is 6.61 Å². The van der Waals surface area contributed by atoms with E-state index < -0.39 is 12.2 Å².